The number of nitrogens with two attached hydrogens (primary N) is 1. The summed E-state index contributed by atoms with van der Waals surface area (Å²) < 4.78 is 0.597. The topological polar surface area (TPSA) is 56.7 Å². The summed E-state index contributed by atoms with van der Waals surface area (Å²) in [6.45, 7) is 0. The molecule has 0 unspecified atom stereocenters. The molecule has 0 saturated heterocycles. The van der Waals surface area contributed by atoms with E-state index in [0.29, 0.717) is 10.4 Å². The number of nitrogens with zero attached hydrogens (tertiary/aromatic N) is 3. The van der Waals surface area contributed by atoms with Crippen molar-refractivity contribution < 1.29 is 0 Å². The molecule has 5 heteroatoms. The maximum Gasteiger partial charge on any atom is 0.180 e. The molecule has 0 aliphatic heterocycles. The highest BCUT2D eigenvalue weighted by molar-refractivity contribution is 9.10. The van der Waals surface area contributed by atoms with E-state index in [4.69, 9.17) is 5.73 Å². The number of hydrogen-bond acceptors (Lipinski definition) is 3. The monoisotopic (exact) mass is 176 g/mol. The average Bonchev–Trinajstić information content (AvgIpc) is 1.85. The number of rotatable bonds is 0. The molecular formula is C3H5BrN4. The van der Waals surface area contributed by atoms with Gasteiger partial charge in [0.25, 0.3) is 0 Å². The zero-order chi connectivity index (χ0) is 6.15. The Morgan fingerprint density at radius 1 is 1.62 bits per heavy atom. The molecule has 2 N–H and O–H groups in total. The number of aryl methyl sites for hydroxylation is 1. The lowest BCUT2D eigenvalue weighted by molar-refractivity contribution is 0.652. The SMILES string of the molecule is Cn1nc(N)c(Br)n1. The highest BCUT2D eigenvalue weighted by Crippen LogP contribution is 2.10. The van der Waals surface area contributed by atoms with Gasteiger partial charge < -0.3 is 5.73 Å². The van der Waals surface area contributed by atoms with Crippen molar-refractivity contribution in [3.8, 4) is 0 Å². The first-order chi connectivity index (χ1) is 3.70. The Kier molecular flexibility index (Phi) is 1.21. The molecule has 1 rings (SSSR count). The smallest absolute Gasteiger partial charge is 0.180 e. The zero-order valence-electron chi connectivity index (χ0n) is 4.30. The van der Waals surface area contributed by atoms with Gasteiger partial charge in [0, 0.05) is 7.05 Å². The molecular weight excluding hydrogens is 172 g/mol. The molecule has 0 aromatic carbocycles. The summed E-state index contributed by atoms with van der Waals surface area (Å²) in [7, 11) is 1.71. The van der Waals surface area contributed by atoms with Crippen molar-refractivity contribution in [1.82, 2.24) is 15.0 Å². The highest BCUT2D eigenvalue weighted by atomic mass is 79.9. The largest absolute Gasteiger partial charge is 0.380 e. The fourth-order valence-electron chi connectivity index (χ4n) is 0.398. The predicted octanol–water partition coefficient (Wildman–Crippen LogP) is 0.160. The minimum absolute atomic E-state index is 0.424. The predicted molar refractivity (Wildman–Crippen MR) is 33.1 cm³/mol. The van der Waals surface area contributed by atoms with E-state index in [0.717, 1.165) is 0 Å². The van der Waals surface area contributed by atoms with Crippen LogP contribution in [0.3, 0.4) is 0 Å². The van der Waals surface area contributed by atoms with Gasteiger partial charge in [-0.3, -0.25) is 0 Å². The molecule has 1 heterocycles. The lowest BCUT2D eigenvalue weighted by Gasteiger charge is -1.76. The maximum absolute atomic E-state index is 5.30. The van der Waals surface area contributed by atoms with Gasteiger partial charge in [0.15, 0.2) is 10.4 Å². The molecule has 4 nitrogen and oxygen atoms in total. The number of aromatic nitrogens is 3. The summed E-state index contributed by atoms with van der Waals surface area (Å²) >= 11 is 3.10. The van der Waals surface area contributed by atoms with Gasteiger partial charge in [-0.2, -0.15) is 4.80 Å². The van der Waals surface area contributed by atoms with E-state index in [-0.39, 0.29) is 0 Å². The Labute approximate surface area is 54.8 Å². The molecule has 0 aliphatic carbocycles. The summed E-state index contributed by atoms with van der Waals surface area (Å²) in [5.74, 6) is 0.424. The fourth-order valence-corrected chi connectivity index (χ4v) is 0.707. The van der Waals surface area contributed by atoms with E-state index in [1.807, 2.05) is 0 Å². The summed E-state index contributed by atoms with van der Waals surface area (Å²) in [6, 6.07) is 0. The number of halogens is 1. The van der Waals surface area contributed by atoms with E-state index >= 15 is 0 Å². The first kappa shape index (κ1) is 5.55. The van der Waals surface area contributed by atoms with E-state index < -0.39 is 0 Å². The second-order valence-corrected chi connectivity index (χ2v) is 2.12. The second kappa shape index (κ2) is 1.74. The molecule has 44 valence electrons. The number of anilines is 1. The van der Waals surface area contributed by atoms with Crippen molar-refractivity contribution >= 4 is 21.7 Å². The molecule has 0 radical (unpaired) electrons. The lowest BCUT2D eigenvalue weighted by Crippen LogP contribution is -1.92. The van der Waals surface area contributed by atoms with Gasteiger partial charge in [-0.25, -0.2) is 0 Å². The average molecular weight is 177 g/mol. The molecule has 8 heavy (non-hydrogen) atoms. The molecule has 0 atom stereocenters. The molecule has 0 saturated carbocycles. The Morgan fingerprint density at radius 3 is 2.38 bits per heavy atom. The highest BCUT2D eigenvalue weighted by Gasteiger charge is 1.97. The Balaban J connectivity index is 3.14. The minimum Gasteiger partial charge on any atom is -0.380 e. The van der Waals surface area contributed by atoms with Crippen LogP contribution in [-0.2, 0) is 7.05 Å². The van der Waals surface area contributed by atoms with Crippen molar-refractivity contribution in [1.29, 1.82) is 0 Å². The van der Waals surface area contributed by atoms with Crippen LogP contribution in [0.15, 0.2) is 4.60 Å². The Morgan fingerprint density at radius 2 is 2.25 bits per heavy atom. The third-order valence-corrected chi connectivity index (χ3v) is 1.26. The van der Waals surface area contributed by atoms with Gasteiger partial charge in [-0.1, -0.05) is 0 Å². The zero-order valence-corrected chi connectivity index (χ0v) is 5.88. The first-order valence-electron chi connectivity index (χ1n) is 2.02. The lowest BCUT2D eigenvalue weighted by atomic mass is 10.8. The van der Waals surface area contributed by atoms with Crippen LogP contribution in [0.4, 0.5) is 5.82 Å². The van der Waals surface area contributed by atoms with Crippen molar-refractivity contribution in [3.05, 3.63) is 4.60 Å². The summed E-state index contributed by atoms with van der Waals surface area (Å²) in [5, 5.41) is 7.55. The van der Waals surface area contributed by atoms with Gasteiger partial charge in [0.05, 0.1) is 0 Å². The number of hydrogen-bond donors (Lipinski definition) is 1. The van der Waals surface area contributed by atoms with Crippen LogP contribution in [0.1, 0.15) is 0 Å². The van der Waals surface area contributed by atoms with Crippen LogP contribution < -0.4 is 5.73 Å². The summed E-state index contributed by atoms with van der Waals surface area (Å²) in [6.07, 6.45) is 0. The van der Waals surface area contributed by atoms with Gasteiger partial charge in [-0.05, 0) is 15.9 Å². The van der Waals surface area contributed by atoms with Crippen molar-refractivity contribution in [3.63, 3.8) is 0 Å². The molecule has 1 aromatic heterocycles. The van der Waals surface area contributed by atoms with Crippen LogP contribution in [0, 0.1) is 0 Å². The normalized spacial score (nSPS) is 9.75. The molecule has 0 fully saturated rings. The quantitative estimate of drug-likeness (QED) is 0.613. The molecule has 0 amide bonds. The standard InChI is InChI=1S/C3H5BrN4/c1-8-6-2(4)3(5)7-8/h1H3,(H2,5,7). The van der Waals surface area contributed by atoms with Gasteiger partial charge >= 0.3 is 0 Å². The summed E-state index contributed by atoms with van der Waals surface area (Å²) in [5.41, 5.74) is 5.30. The van der Waals surface area contributed by atoms with Crippen LogP contribution in [0.5, 0.6) is 0 Å². The van der Waals surface area contributed by atoms with E-state index in [9.17, 15) is 0 Å². The molecule has 0 aliphatic rings. The third kappa shape index (κ3) is 0.812. The van der Waals surface area contributed by atoms with Crippen molar-refractivity contribution in [2.75, 3.05) is 5.73 Å². The Bertz CT molecular complexity index is 174. The van der Waals surface area contributed by atoms with Gasteiger partial charge in [0.2, 0.25) is 0 Å². The fraction of sp³-hybridized carbons (Fsp3) is 0.333. The van der Waals surface area contributed by atoms with E-state index in [1.54, 1.807) is 7.05 Å². The van der Waals surface area contributed by atoms with Crippen molar-refractivity contribution in [2.24, 2.45) is 7.05 Å². The van der Waals surface area contributed by atoms with Crippen molar-refractivity contribution in [2.45, 2.75) is 0 Å². The van der Waals surface area contributed by atoms with Crippen LogP contribution >= 0.6 is 15.9 Å². The van der Waals surface area contributed by atoms with Crippen LogP contribution in [0.25, 0.3) is 0 Å². The van der Waals surface area contributed by atoms with Gasteiger partial charge in [0.1, 0.15) is 0 Å². The Hall–Kier alpha value is -0.580. The van der Waals surface area contributed by atoms with Gasteiger partial charge in [-0.15, -0.1) is 10.2 Å². The maximum atomic E-state index is 5.30. The second-order valence-electron chi connectivity index (χ2n) is 1.37. The molecule has 0 bridgehead atoms. The molecule has 1 aromatic rings. The number of nitrogen functional groups attached to an aromatic ring is 1. The third-order valence-electron chi connectivity index (χ3n) is 0.696. The van der Waals surface area contributed by atoms with Crippen LogP contribution in [0.2, 0.25) is 0 Å². The summed E-state index contributed by atoms with van der Waals surface area (Å²) in [4.78, 5) is 1.40. The van der Waals surface area contributed by atoms with E-state index in [2.05, 4.69) is 26.1 Å². The van der Waals surface area contributed by atoms with Crippen LogP contribution in [-0.4, -0.2) is 15.0 Å². The minimum atomic E-state index is 0.424. The molecule has 0 spiro atoms. The first-order valence-corrected chi connectivity index (χ1v) is 2.82. The van der Waals surface area contributed by atoms with E-state index in [1.165, 1.54) is 4.80 Å².